The van der Waals surface area contributed by atoms with Crippen LogP contribution in [-0.2, 0) is 14.4 Å². The van der Waals surface area contributed by atoms with Gasteiger partial charge in [0.05, 0.1) is 0 Å². The quantitative estimate of drug-likeness (QED) is 0.202. The Labute approximate surface area is 87.1 Å². The maximum atomic E-state index is 11.1. The molecule has 15 heavy (non-hydrogen) atoms. The maximum Gasteiger partial charge on any atom is 0.253 e. The third kappa shape index (κ3) is 3.17. The average Bonchev–Trinajstić information content (AvgIpc) is 2.54. The Bertz CT molecular complexity index is 294. The van der Waals surface area contributed by atoms with Crippen molar-refractivity contribution in [3.63, 3.8) is 0 Å². The van der Waals surface area contributed by atoms with Crippen molar-refractivity contribution >= 4 is 17.7 Å². The predicted molar refractivity (Wildman–Crippen MR) is 52.0 cm³/mol. The van der Waals surface area contributed by atoms with Crippen LogP contribution in [0.4, 0.5) is 0 Å². The molecule has 0 spiro atoms. The minimum absolute atomic E-state index is 0.243. The summed E-state index contributed by atoms with van der Waals surface area (Å²) in [5.41, 5.74) is 2.01. The van der Waals surface area contributed by atoms with Gasteiger partial charge in [-0.25, -0.2) is 5.84 Å². The molecular weight excluding hydrogens is 198 g/mol. The van der Waals surface area contributed by atoms with Crippen molar-refractivity contribution in [2.24, 2.45) is 5.84 Å². The van der Waals surface area contributed by atoms with Gasteiger partial charge < -0.3 is 0 Å². The SMILES string of the molecule is NNC(=O)CCCCN1C(=O)C=CC1=O. The fraction of sp³-hybridized carbons (Fsp3) is 0.444. The smallest absolute Gasteiger partial charge is 0.253 e. The summed E-state index contributed by atoms with van der Waals surface area (Å²) in [5.74, 6) is 4.07. The van der Waals surface area contributed by atoms with Crippen molar-refractivity contribution in [1.82, 2.24) is 10.3 Å². The normalized spacial score (nSPS) is 14.9. The first-order chi connectivity index (χ1) is 7.15. The first-order valence-electron chi connectivity index (χ1n) is 4.68. The molecule has 0 fully saturated rings. The second-order valence-electron chi connectivity index (χ2n) is 3.19. The van der Waals surface area contributed by atoms with E-state index in [1.54, 1.807) is 0 Å². The Morgan fingerprint density at radius 2 is 1.87 bits per heavy atom. The highest BCUT2D eigenvalue weighted by Gasteiger charge is 2.22. The van der Waals surface area contributed by atoms with Crippen molar-refractivity contribution in [3.05, 3.63) is 12.2 Å². The summed E-state index contributed by atoms with van der Waals surface area (Å²) in [6.07, 6.45) is 4.00. The van der Waals surface area contributed by atoms with Crippen LogP contribution in [0.5, 0.6) is 0 Å². The van der Waals surface area contributed by atoms with Crippen LogP contribution >= 0.6 is 0 Å². The molecule has 0 aromatic carbocycles. The molecule has 0 aromatic heterocycles. The highest BCUT2D eigenvalue weighted by molar-refractivity contribution is 6.12. The van der Waals surface area contributed by atoms with Gasteiger partial charge in [0.1, 0.15) is 0 Å². The van der Waals surface area contributed by atoms with Crippen molar-refractivity contribution in [2.75, 3.05) is 6.54 Å². The number of hydrazine groups is 1. The lowest BCUT2D eigenvalue weighted by Gasteiger charge is -2.12. The summed E-state index contributed by atoms with van der Waals surface area (Å²) < 4.78 is 0. The number of hydrogen-bond donors (Lipinski definition) is 2. The third-order valence-electron chi connectivity index (χ3n) is 2.10. The fourth-order valence-electron chi connectivity index (χ4n) is 1.28. The van der Waals surface area contributed by atoms with Gasteiger partial charge in [0.15, 0.2) is 0 Å². The number of amides is 3. The van der Waals surface area contributed by atoms with Gasteiger partial charge in [0.25, 0.3) is 11.8 Å². The van der Waals surface area contributed by atoms with Crippen molar-refractivity contribution < 1.29 is 14.4 Å². The summed E-state index contributed by atoms with van der Waals surface area (Å²) >= 11 is 0. The van der Waals surface area contributed by atoms with Crippen LogP contribution in [0.2, 0.25) is 0 Å². The van der Waals surface area contributed by atoms with Crippen LogP contribution < -0.4 is 11.3 Å². The van der Waals surface area contributed by atoms with Gasteiger partial charge in [-0.15, -0.1) is 0 Å². The predicted octanol–water partition coefficient (Wildman–Crippen LogP) is -0.928. The lowest BCUT2D eigenvalue weighted by Crippen LogP contribution is -2.32. The average molecular weight is 211 g/mol. The van der Waals surface area contributed by atoms with Crippen LogP contribution in [0.1, 0.15) is 19.3 Å². The number of rotatable bonds is 5. The minimum Gasteiger partial charge on any atom is -0.294 e. The van der Waals surface area contributed by atoms with Crippen molar-refractivity contribution in [2.45, 2.75) is 19.3 Å². The standard InChI is InChI=1S/C9H13N3O3/c10-11-7(13)3-1-2-6-12-8(14)4-5-9(12)15/h4-5H,1-3,6,10H2,(H,11,13). The van der Waals surface area contributed by atoms with E-state index in [4.69, 9.17) is 5.84 Å². The third-order valence-corrected chi connectivity index (χ3v) is 2.10. The lowest BCUT2D eigenvalue weighted by atomic mass is 10.2. The zero-order valence-electron chi connectivity index (χ0n) is 8.23. The largest absolute Gasteiger partial charge is 0.294 e. The number of carbonyl (C=O) groups excluding carboxylic acids is 3. The van der Waals surface area contributed by atoms with Crippen molar-refractivity contribution in [1.29, 1.82) is 0 Å². The van der Waals surface area contributed by atoms with E-state index >= 15 is 0 Å². The molecule has 1 heterocycles. The molecule has 3 N–H and O–H groups in total. The Balaban J connectivity index is 2.18. The first-order valence-corrected chi connectivity index (χ1v) is 4.68. The summed E-state index contributed by atoms with van der Waals surface area (Å²) in [4.78, 5) is 34.1. The maximum absolute atomic E-state index is 11.1. The van der Waals surface area contributed by atoms with Gasteiger partial charge in [-0.1, -0.05) is 0 Å². The van der Waals surface area contributed by atoms with E-state index in [-0.39, 0.29) is 17.7 Å². The zero-order valence-corrected chi connectivity index (χ0v) is 8.23. The molecule has 0 atom stereocenters. The number of nitrogens with zero attached hydrogens (tertiary/aromatic N) is 1. The molecule has 0 saturated carbocycles. The first kappa shape index (κ1) is 11.4. The second-order valence-corrected chi connectivity index (χ2v) is 3.19. The van der Waals surface area contributed by atoms with E-state index in [9.17, 15) is 14.4 Å². The number of nitrogens with two attached hydrogens (primary N) is 1. The molecule has 0 saturated heterocycles. The van der Waals surface area contributed by atoms with E-state index in [0.29, 0.717) is 25.8 Å². The number of nitrogens with one attached hydrogen (secondary N) is 1. The van der Waals surface area contributed by atoms with E-state index < -0.39 is 0 Å². The fourth-order valence-corrected chi connectivity index (χ4v) is 1.28. The van der Waals surface area contributed by atoms with Crippen LogP contribution in [0.15, 0.2) is 12.2 Å². The van der Waals surface area contributed by atoms with Gasteiger partial charge in [0.2, 0.25) is 5.91 Å². The molecule has 1 aliphatic rings. The summed E-state index contributed by atoms with van der Waals surface area (Å²) in [6.45, 7) is 0.350. The Morgan fingerprint density at radius 1 is 1.27 bits per heavy atom. The van der Waals surface area contributed by atoms with Gasteiger partial charge in [-0.05, 0) is 12.8 Å². The Kier molecular flexibility index (Phi) is 3.99. The van der Waals surface area contributed by atoms with E-state index in [0.717, 1.165) is 4.90 Å². The van der Waals surface area contributed by atoms with Crippen LogP contribution in [0.25, 0.3) is 0 Å². The molecule has 0 radical (unpaired) electrons. The zero-order chi connectivity index (χ0) is 11.3. The summed E-state index contributed by atoms with van der Waals surface area (Å²) in [5, 5.41) is 0. The molecule has 0 bridgehead atoms. The molecule has 0 aromatic rings. The number of unbranched alkanes of at least 4 members (excludes halogenated alkanes) is 1. The number of hydrogen-bond acceptors (Lipinski definition) is 4. The van der Waals surface area contributed by atoms with E-state index in [2.05, 4.69) is 0 Å². The highest BCUT2D eigenvalue weighted by atomic mass is 16.2. The van der Waals surface area contributed by atoms with E-state index in [1.807, 2.05) is 5.43 Å². The van der Waals surface area contributed by atoms with E-state index in [1.165, 1.54) is 12.2 Å². The number of carbonyl (C=O) groups is 3. The number of imide groups is 1. The Hall–Kier alpha value is -1.69. The monoisotopic (exact) mass is 211 g/mol. The highest BCUT2D eigenvalue weighted by Crippen LogP contribution is 2.06. The van der Waals surface area contributed by atoms with Crippen LogP contribution in [0, 0.1) is 0 Å². The molecular formula is C9H13N3O3. The molecule has 6 heteroatoms. The molecule has 82 valence electrons. The lowest BCUT2D eigenvalue weighted by molar-refractivity contribution is -0.136. The van der Waals surface area contributed by atoms with Crippen LogP contribution in [-0.4, -0.2) is 29.2 Å². The molecule has 0 aliphatic carbocycles. The molecule has 1 rings (SSSR count). The van der Waals surface area contributed by atoms with Crippen molar-refractivity contribution in [3.8, 4) is 0 Å². The van der Waals surface area contributed by atoms with Gasteiger partial charge in [0, 0.05) is 25.1 Å². The van der Waals surface area contributed by atoms with Crippen LogP contribution in [0.3, 0.4) is 0 Å². The second kappa shape index (κ2) is 5.26. The van der Waals surface area contributed by atoms with Gasteiger partial charge in [-0.2, -0.15) is 0 Å². The molecule has 0 unspecified atom stereocenters. The molecule has 1 aliphatic heterocycles. The minimum atomic E-state index is -0.289. The van der Waals surface area contributed by atoms with Gasteiger partial charge >= 0.3 is 0 Å². The topological polar surface area (TPSA) is 92.5 Å². The summed E-state index contributed by atoms with van der Waals surface area (Å²) in [6, 6.07) is 0. The Morgan fingerprint density at radius 3 is 2.40 bits per heavy atom. The molecule has 3 amide bonds. The summed E-state index contributed by atoms with van der Waals surface area (Å²) in [7, 11) is 0. The van der Waals surface area contributed by atoms with Gasteiger partial charge in [-0.3, -0.25) is 24.7 Å². The molecule has 6 nitrogen and oxygen atoms in total.